The fourth-order valence-electron chi connectivity index (χ4n) is 2.31. The van der Waals surface area contributed by atoms with Crippen LogP contribution in [0.25, 0.3) is 0 Å². The number of rotatable bonds is 6. The maximum atomic E-state index is 5.57. The minimum Gasteiger partial charge on any atom is -0.405 e. The summed E-state index contributed by atoms with van der Waals surface area (Å²) in [5.74, 6) is 0.561. The Labute approximate surface area is 123 Å². The number of anilines is 1. The molecule has 0 spiro atoms. The summed E-state index contributed by atoms with van der Waals surface area (Å²) in [4.78, 5) is 0. The first kappa shape index (κ1) is 14.0. The summed E-state index contributed by atoms with van der Waals surface area (Å²) in [6, 6.07) is 8.64. The second-order valence-corrected chi connectivity index (χ2v) is 5.05. The lowest BCUT2D eigenvalue weighted by molar-refractivity contribution is 0.0897. The fraction of sp³-hybridized carbons (Fsp3) is 0.467. The van der Waals surface area contributed by atoms with Crippen molar-refractivity contribution in [3.63, 3.8) is 0 Å². The van der Waals surface area contributed by atoms with Gasteiger partial charge in [0, 0.05) is 20.3 Å². The Kier molecular flexibility index (Phi) is 4.47. The Morgan fingerprint density at radius 1 is 1.24 bits per heavy atom. The normalized spacial score (nSPS) is 18.0. The first-order chi connectivity index (χ1) is 10.3. The molecular weight excluding hydrogens is 270 g/mol. The zero-order chi connectivity index (χ0) is 14.5. The van der Waals surface area contributed by atoms with E-state index in [1.54, 1.807) is 7.11 Å². The molecule has 6 nitrogen and oxygen atoms in total. The molecule has 1 saturated heterocycles. The van der Waals surface area contributed by atoms with Crippen molar-refractivity contribution in [1.82, 2.24) is 10.2 Å². The molecule has 6 heteroatoms. The van der Waals surface area contributed by atoms with Crippen molar-refractivity contribution in [2.45, 2.75) is 32.1 Å². The zero-order valence-corrected chi connectivity index (χ0v) is 12.0. The highest BCUT2D eigenvalue weighted by Gasteiger charge is 2.23. The van der Waals surface area contributed by atoms with Crippen molar-refractivity contribution in [3.05, 3.63) is 41.3 Å². The van der Waals surface area contributed by atoms with E-state index in [2.05, 4.69) is 27.6 Å². The lowest BCUT2D eigenvalue weighted by Crippen LogP contribution is -2.00. The minimum absolute atomic E-state index is 0.0404. The van der Waals surface area contributed by atoms with Crippen molar-refractivity contribution in [3.8, 4) is 0 Å². The van der Waals surface area contributed by atoms with Gasteiger partial charge in [0.25, 0.3) is 0 Å². The van der Waals surface area contributed by atoms with Crippen LogP contribution in [0.5, 0.6) is 0 Å². The Hall–Kier alpha value is -1.92. The van der Waals surface area contributed by atoms with E-state index in [9.17, 15) is 0 Å². The van der Waals surface area contributed by atoms with Crippen LogP contribution in [-0.2, 0) is 22.6 Å². The lowest BCUT2D eigenvalue weighted by Gasteiger charge is -2.04. The van der Waals surface area contributed by atoms with E-state index in [-0.39, 0.29) is 6.10 Å². The second-order valence-electron chi connectivity index (χ2n) is 5.05. The van der Waals surface area contributed by atoms with Gasteiger partial charge in [-0.15, -0.1) is 5.10 Å². The third-order valence-corrected chi connectivity index (χ3v) is 3.42. The fourth-order valence-corrected chi connectivity index (χ4v) is 2.31. The van der Waals surface area contributed by atoms with Crippen LogP contribution in [0.3, 0.4) is 0 Å². The summed E-state index contributed by atoms with van der Waals surface area (Å²) in [5.41, 5.74) is 2.30. The first-order valence-electron chi connectivity index (χ1n) is 7.11. The van der Waals surface area contributed by atoms with Crippen LogP contribution in [-0.4, -0.2) is 23.9 Å². The third kappa shape index (κ3) is 3.59. The molecule has 0 bridgehead atoms. The molecule has 1 aromatic heterocycles. The van der Waals surface area contributed by atoms with Crippen LogP contribution in [0.2, 0.25) is 0 Å². The number of nitrogens with zero attached hydrogens (tertiary/aromatic N) is 2. The number of nitrogens with one attached hydrogen (secondary N) is 1. The Bertz CT molecular complexity index is 562. The van der Waals surface area contributed by atoms with Gasteiger partial charge in [-0.2, -0.15) is 0 Å². The van der Waals surface area contributed by atoms with Crippen molar-refractivity contribution in [1.29, 1.82) is 0 Å². The van der Waals surface area contributed by atoms with Gasteiger partial charge >= 0.3 is 6.01 Å². The van der Waals surface area contributed by atoms with Gasteiger partial charge in [0.2, 0.25) is 5.89 Å². The standard InChI is InChI=1S/C15H19N3O3/c1-19-10-12-6-4-11(5-7-12)9-16-15-18-17-14(21-15)13-3-2-8-20-13/h4-7,13H,2-3,8-10H2,1H3,(H,16,18)/t13-/m0/s1. The van der Waals surface area contributed by atoms with Gasteiger partial charge in [-0.3, -0.25) is 0 Å². The van der Waals surface area contributed by atoms with Crippen molar-refractivity contribution in [2.75, 3.05) is 19.0 Å². The van der Waals surface area contributed by atoms with E-state index < -0.39 is 0 Å². The molecule has 2 heterocycles. The molecule has 0 saturated carbocycles. The van der Waals surface area contributed by atoms with Crippen LogP contribution in [0, 0.1) is 0 Å². The number of methoxy groups -OCH3 is 1. The van der Waals surface area contributed by atoms with E-state index in [4.69, 9.17) is 13.9 Å². The van der Waals surface area contributed by atoms with Crippen LogP contribution in [0.1, 0.15) is 36.0 Å². The first-order valence-corrected chi connectivity index (χ1v) is 7.11. The van der Waals surface area contributed by atoms with E-state index >= 15 is 0 Å². The van der Waals surface area contributed by atoms with Gasteiger partial charge in [0.1, 0.15) is 6.10 Å². The SMILES string of the molecule is COCc1ccc(CNc2nnc([C@@H]3CCCO3)o2)cc1. The maximum absolute atomic E-state index is 5.57. The highest BCUT2D eigenvalue weighted by molar-refractivity contribution is 5.26. The predicted octanol–water partition coefficient (Wildman–Crippen LogP) is 2.68. The average molecular weight is 289 g/mol. The van der Waals surface area contributed by atoms with Gasteiger partial charge in [-0.25, -0.2) is 0 Å². The highest BCUT2D eigenvalue weighted by atomic mass is 16.5. The van der Waals surface area contributed by atoms with Gasteiger partial charge in [-0.05, 0) is 24.0 Å². The molecule has 0 amide bonds. The van der Waals surface area contributed by atoms with Gasteiger partial charge in [-0.1, -0.05) is 29.4 Å². The Balaban J connectivity index is 1.54. The van der Waals surface area contributed by atoms with E-state index in [1.807, 2.05) is 12.1 Å². The van der Waals surface area contributed by atoms with Gasteiger partial charge < -0.3 is 19.2 Å². The summed E-state index contributed by atoms with van der Waals surface area (Å²) in [6.07, 6.45) is 1.95. The Morgan fingerprint density at radius 3 is 2.76 bits per heavy atom. The number of ether oxygens (including phenoxy) is 2. The number of hydrogen-bond donors (Lipinski definition) is 1. The number of hydrogen-bond acceptors (Lipinski definition) is 6. The monoisotopic (exact) mass is 289 g/mol. The molecule has 1 fully saturated rings. The summed E-state index contributed by atoms with van der Waals surface area (Å²) >= 11 is 0. The molecule has 1 aliphatic heterocycles. The lowest BCUT2D eigenvalue weighted by atomic mass is 10.1. The molecule has 3 rings (SSSR count). The summed E-state index contributed by atoms with van der Waals surface area (Å²) in [6.45, 7) is 2.03. The predicted molar refractivity (Wildman–Crippen MR) is 76.7 cm³/mol. The van der Waals surface area contributed by atoms with Crippen molar-refractivity contribution >= 4 is 6.01 Å². The van der Waals surface area contributed by atoms with Gasteiger partial charge in [0.05, 0.1) is 6.61 Å². The molecule has 0 aliphatic carbocycles. The smallest absolute Gasteiger partial charge is 0.315 e. The largest absolute Gasteiger partial charge is 0.405 e. The molecule has 1 aliphatic rings. The van der Waals surface area contributed by atoms with Crippen LogP contribution >= 0.6 is 0 Å². The molecule has 21 heavy (non-hydrogen) atoms. The summed E-state index contributed by atoms with van der Waals surface area (Å²) < 4.78 is 16.2. The van der Waals surface area contributed by atoms with E-state index in [1.165, 1.54) is 0 Å². The Morgan fingerprint density at radius 2 is 2.05 bits per heavy atom. The minimum atomic E-state index is -0.0404. The number of benzene rings is 1. The molecule has 0 radical (unpaired) electrons. The van der Waals surface area contributed by atoms with Crippen molar-refractivity contribution in [2.24, 2.45) is 0 Å². The van der Waals surface area contributed by atoms with E-state index in [0.717, 1.165) is 30.6 Å². The van der Waals surface area contributed by atoms with Crippen LogP contribution < -0.4 is 5.32 Å². The van der Waals surface area contributed by atoms with Crippen LogP contribution in [0.4, 0.5) is 6.01 Å². The highest BCUT2D eigenvalue weighted by Crippen LogP contribution is 2.28. The zero-order valence-electron chi connectivity index (χ0n) is 12.0. The average Bonchev–Trinajstić information content (AvgIpc) is 3.18. The van der Waals surface area contributed by atoms with Crippen LogP contribution in [0.15, 0.2) is 28.7 Å². The van der Waals surface area contributed by atoms with Crippen molar-refractivity contribution < 1.29 is 13.9 Å². The second kappa shape index (κ2) is 6.69. The van der Waals surface area contributed by atoms with E-state index in [0.29, 0.717) is 25.1 Å². The molecular formula is C15H19N3O3. The molecule has 1 aromatic carbocycles. The molecule has 1 N–H and O–H groups in total. The topological polar surface area (TPSA) is 69.4 Å². The maximum Gasteiger partial charge on any atom is 0.315 e. The molecule has 112 valence electrons. The molecule has 0 unspecified atom stereocenters. The molecule has 1 atom stereocenters. The molecule has 2 aromatic rings. The third-order valence-electron chi connectivity index (χ3n) is 3.42. The van der Waals surface area contributed by atoms with Gasteiger partial charge in [0.15, 0.2) is 0 Å². The summed E-state index contributed by atoms with van der Waals surface area (Å²) in [5, 5.41) is 11.2. The number of aromatic nitrogens is 2. The quantitative estimate of drug-likeness (QED) is 0.881. The summed E-state index contributed by atoms with van der Waals surface area (Å²) in [7, 11) is 1.69.